The van der Waals surface area contributed by atoms with Crippen molar-refractivity contribution in [3.63, 3.8) is 0 Å². The molecule has 0 aromatic rings. The molecule has 6 aliphatic rings. The number of fused-ring (bicyclic) bond motifs is 7. The smallest absolute Gasteiger partial charge is 0.203 e. The van der Waals surface area contributed by atoms with Crippen LogP contribution in [-0.2, 0) is 4.74 Å². The molecule has 2 unspecified atom stereocenters. The van der Waals surface area contributed by atoms with Crippen LogP contribution in [-0.4, -0.2) is 37.0 Å². The fraction of sp³-hybridized carbons (Fsp3) is 1.00. The number of nitrogens with two attached hydrogens (primary N) is 2. The van der Waals surface area contributed by atoms with Crippen molar-refractivity contribution >= 4 is 0 Å². The Morgan fingerprint density at radius 3 is 2.25 bits per heavy atom. The van der Waals surface area contributed by atoms with Crippen LogP contribution in [0, 0.1) is 50.2 Å². The Kier molecular flexibility index (Phi) is 6.86. The average Bonchev–Trinajstić information content (AvgIpc) is 3.15. The first kappa shape index (κ1) is 29.9. The summed E-state index contributed by atoms with van der Waals surface area (Å²) in [7, 11) is 0. The molecule has 12 atom stereocenters. The summed E-state index contributed by atoms with van der Waals surface area (Å²) < 4.78 is 7.56. The predicted octanol–water partition coefficient (Wildman–Crippen LogP) is 4.88. The largest absolute Gasteiger partial charge is 0.358 e. The summed E-state index contributed by atoms with van der Waals surface area (Å²) >= 11 is 0. The van der Waals surface area contributed by atoms with Gasteiger partial charge in [-0.3, -0.25) is 0 Å². The molecule has 2 heterocycles. The quantitative estimate of drug-likeness (QED) is 0.414. The summed E-state index contributed by atoms with van der Waals surface area (Å²) in [5.74, 6) is 2.21. The lowest BCUT2D eigenvalue weighted by atomic mass is 9.31. The number of quaternary nitrogens is 3. The fourth-order valence-electron chi connectivity index (χ4n) is 14.0. The van der Waals surface area contributed by atoms with Gasteiger partial charge in [-0.15, -0.1) is 0 Å². The van der Waals surface area contributed by atoms with E-state index in [0.29, 0.717) is 33.0 Å². The van der Waals surface area contributed by atoms with Gasteiger partial charge < -0.3 is 21.1 Å². The Labute approximate surface area is 247 Å². The Bertz CT molecular complexity index is 993. The van der Waals surface area contributed by atoms with Crippen molar-refractivity contribution in [2.75, 3.05) is 19.6 Å². The van der Waals surface area contributed by atoms with Gasteiger partial charge in [0.15, 0.2) is 0 Å². The van der Waals surface area contributed by atoms with Crippen molar-refractivity contribution in [1.82, 2.24) is 0 Å². The molecule has 6 rings (SSSR count). The molecule has 0 aromatic heterocycles. The predicted molar refractivity (Wildman–Crippen MR) is 163 cm³/mol. The molecule has 1 spiro atoms. The Morgan fingerprint density at radius 2 is 1.57 bits per heavy atom. The lowest BCUT2D eigenvalue weighted by molar-refractivity contribution is -0.788. The standard InChI is InChI=1S/C36H65N3O/c1-25-12-17-36(39-23-25)26(2)35(9)33(7)19-18-30(4)28(31(33,5)24-34(35,8)40-36)14-15-29(3)22-27(13-16-32(29,30)6)38-21-11-10-20-37/h25-28,38-39H,10-24,37H2,1-9H3/p+3/t25-,26-,27?,28?,29+,30-,31-,32-,33-,34+,35-,36-/m0/s1. The summed E-state index contributed by atoms with van der Waals surface area (Å²) in [6, 6.07) is 0.830. The SMILES string of the molecule is C[C@H]1CC[C@]2([NH2+]C1)O[C@]1(C)C[C@@]3(C)C4CC[C@]5(C)CC([NH2+]CCCC[NH3+])CC[C@]5(C)[C@@]4(C)CC[C@]3(C)[C@]1(C)[C@@H]2C. The van der Waals surface area contributed by atoms with Crippen LogP contribution in [0.5, 0.6) is 0 Å². The molecule has 0 bridgehead atoms. The third-order valence-electron chi connectivity index (χ3n) is 17.3. The zero-order valence-corrected chi connectivity index (χ0v) is 28.2. The van der Waals surface area contributed by atoms with Crippen molar-refractivity contribution in [3.05, 3.63) is 0 Å². The van der Waals surface area contributed by atoms with E-state index in [0.717, 1.165) is 24.4 Å². The molecule has 230 valence electrons. The van der Waals surface area contributed by atoms with Gasteiger partial charge in [0, 0.05) is 42.9 Å². The number of ether oxygens (including phenoxy) is 1. The zero-order valence-electron chi connectivity index (χ0n) is 28.2. The normalized spacial score (nSPS) is 59.2. The van der Waals surface area contributed by atoms with Gasteiger partial charge in [0.2, 0.25) is 5.72 Å². The molecule has 4 heteroatoms. The molecule has 4 saturated carbocycles. The minimum atomic E-state index is -0.0273. The molecular formula is C36H68N3O+3. The summed E-state index contributed by atoms with van der Waals surface area (Å²) in [5, 5.41) is 5.38. The Morgan fingerprint density at radius 1 is 0.825 bits per heavy atom. The van der Waals surface area contributed by atoms with Crippen LogP contribution in [0.15, 0.2) is 0 Å². The van der Waals surface area contributed by atoms with E-state index in [1.54, 1.807) is 0 Å². The fourth-order valence-corrected chi connectivity index (χ4v) is 14.0. The monoisotopic (exact) mass is 559 g/mol. The first-order chi connectivity index (χ1) is 18.6. The Balaban J connectivity index is 1.30. The van der Waals surface area contributed by atoms with Gasteiger partial charge in [-0.2, -0.15) is 0 Å². The van der Waals surface area contributed by atoms with Crippen LogP contribution in [0.3, 0.4) is 0 Å². The molecule has 0 amide bonds. The van der Waals surface area contributed by atoms with Crippen molar-refractivity contribution in [1.29, 1.82) is 0 Å². The number of unbranched alkanes of at least 4 members (excludes halogenated alkanes) is 1. The molecule has 2 saturated heterocycles. The highest BCUT2D eigenvalue weighted by Gasteiger charge is 2.84. The molecule has 7 N–H and O–H groups in total. The van der Waals surface area contributed by atoms with Crippen LogP contribution in [0.4, 0.5) is 0 Å². The van der Waals surface area contributed by atoms with Crippen molar-refractivity contribution in [2.24, 2.45) is 50.2 Å². The van der Waals surface area contributed by atoms with Crippen LogP contribution in [0.2, 0.25) is 0 Å². The first-order valence-electron chi connectivity index (χ1n) is 17.8. The van der Waals surface area contributed by atoms with E-state index in [2.05, 4.69) is 78.7 Å². The summed E-state index contributed by atoms with van der Waals surface area (Å²) in [6.45, 7) is 27.8. The number of hydrogen-bond donors (Lipinski definition) is 3. The maximum absolute atomic E-state index is 7.56. The highest BCUT2D eigenvalue weighted by molar-refractivity contribution is 5.30. The maximum atomic E-state index is 7.56. The van der Waals surface area contributed by atoms with E-state index >= 15 is 0 Å². The molecular weight excluding hydrogens is 490 g/mol. The third-order valence-corrected chi connectivity index (χ3v) is 17.3. The second kappa shape index (κ2) is 9.18. The van der Waals surface area contributed by atoms with Gasteiger partial charge in [-0.05, 0) is 91.3 Å². The molecule has 0 aromatic carbocycles. The van der Waals surface area contributed by atoms with E-state index in [9.17, 15) is 0 Å². The van der Waals surface area contributed by atoms with Gasteiger partial charge in [0.1, 0.15) is 0 Å². The highest BCUT2D eigenvalue weighted by atomic mass is 16.5. The van der Waals surface area contributed by atoms with Crippen molar-refractivity contribution < 1.29 is 21.1 Å². The average molecular weight is 559 g/mol. The van der Waals surface area contributed by atoms with Crippen LogP contribution < -0.4 is 16.4 Å². The van der Waals surface area contributed by atoms with Crippen LogP contribution in [0.25, 0.3) is 0 Å². The molecule has 4 nitrogen and oxygen atoms in total. The summed E-state index contributed by atoms with van der Waals surface area (Å²) in [4.78, 5) is 0. The molecule has 40 heavy (non-hydrogen) atoms. The van der Waals surface area contributed by atoms with Gasteiger partial charge in [-0.1, -0.05) is 55.4 Å². The van der Waals surface area contributed by atoms with Gasteiger partial charge in [0.25, 0.3) is 0 Å². The number of rotatable bonds is 5. The second-order valence-electron chi connectivity index (χ2n) is 18.2. The maximum Gasteiger partial charge on any atom is 0.203 e. The second-order valence-corrected chi connectivity index (χ2v) is 18.2. The minimum absolute atomic E-state index is 0.000734. The Hall–Kier alpha value is -0.160. The van der Waals surface area contributed by atoms with E-state index < -0.39 is 0 Å². The summed E-state index contributed by atoms with van der Waals surface area (Å²) in [6.07, 6.45) is 16.4. The minimum Gasteiger partial charge on any atom is -0.358 e. The van der Waals surface area contributed by atoms with E-state index in [-0.39, 0.29) is 16.7 Å². The number of hydrogen-bond acceptors (Lipinski definition) is 1. The van der Waals surface area contributed by atoms with Gasteiger partial charge >= 0.3 is 0 Å². The molecule has 0 radical (unpaired) electrons. The van der Waals surface area contributed by atoms with Crippen LogP contribution in [0.1, 0.15) is 139 Å². The van der Waals surface area contributed by atoms with Gasteiger partial charge in [0.05, 0.1) is 31.3 Å². The molecule has 4 aliphatic carbocycles. The van der Waals surface area contributed by atoms with Gasteiger partial charge in [-0.25, -0.2) is 0 Å². The lowest BCUT2D eigenvalue weighted by Gasteiger charge is -2.73. The summed E-state index contributed by atoms with van der Waals surface area (Å²) in [5.41, 5.74) is 6.23. The van der Waals surface area contributed by atoms with Crippen LogP contribution >= 0.6 is 0 Å². The molecule has 6 fully saturated rings. The third kappa shape index (κ3) is 3.40. The van der Waals surface area contributed by atoms with E-state index in [1.165, 1.54) is 90.1 Å². The molecule has 2 aliphatic heterocycles. The number of piperidine rings is 1. The van der Waals surface area contributed by atoms with E-state index in [4.69, 9.17) is 4.74 Å². The van der Waals surface area contributed by atoms with Crippen molar-refractivity contribution in [2.45, 2.75) is 157 Å². The zero-order chi connectivity index (χ0) is 29.0. The first-order valence-corrected chi connectivity index (χ1v) is 17.8. The lowest BCUT2D eigenvalue weighted by Crippen LogP contribution is -3.01. The highest BCUT2D eigenvalue weighted by Crippen LogP contribution is 2.85. The topological polar surface area (TPSA) is 70.1 Å². The van der Waals surface area contributed by atoms with Crippen molar-refractivity contribution in [3.8, 4) is 0 Å². The van der Waals surface area contributed by atoms with E-state index in [1.807, 2.05) is 0 Å².